The lowest BCUT2D eigenvalue weighted by Crippen LogP contribution is -2.51. The number of nitrogens with one attached hydrogen (secondary N) is 1. The monoisotopic (exact) mass is 563 g/mol. The van der Waals surface area contributed by atoms with E-state index in [1.165, 1.54) is 4.31 Å². The largest absolute Gasteiger partial charge is 0.497 e. The maximum Gasteiger partial charge on any atom is 0.243 e. The second-order valence-corrected chi connectivity index (χ2v) is 12.0. The normalized spacial score (nSPS) is 14.6. The quantitative estimate of drug-likeness (QED) is 0.379. The Morgan fingerprint density at radius 2 is 1.82 bits per heavy atom. The molecule has 0 aliphatic heterocycles. The number of carbonyl (C=O) groups is 2. The highest BCUT2D eigenvalue weighted by Crippen LogP contribution is 2.23. The number of benzene rings is 2. The van der Waals surface area contributed by atoms with Crippen molar-refractivity contribution in [3.8, 4) is 5.75 Å². The van der Waals surface area contributed by atoms with Crippen molar-refractivity contribution >= 4 is 39.1 Å². The molecule has 2 aromatic carbocycles. The first-order chi connectivity index (χ1) is 18.1. The first kappa shape index (κ1) is 29.8. The maximum absolute atomic E-state index is 13.6. The molecule has 10 heteroatoms. The number of ether oxygens (including phenoxy) is 1. The van der Waals surface area contributed by atoms with Gasteiger partial charge in [-0.15, -0.1) is 0 Å². The molecule has 38 heavy (non-hydrogen) atoms. The van der Waals surface area contributed by atoms with E-state index in [-0.39, 0.29) is 37.4 Å². The molecule has 3 rings (SSSR count). The molecule has 0 unspecified atom stereocenters. The van der Waals surface area contributed by atoms with E-state index in [1.54, 1.807) is 36.3 Å². The molecular formula is C28H38ClN3O5S. The third-order valence-corrected chi connectivity index (χ3v) is 8.29. The van der Waals surface area contributed by atoms with E-state index < -0.39 is 16.1 Å². The maximum atomic E-state index is 13.6. The summed E-state index contributed by atoms with van der Waals surface area (Å²) >= 11 is 5.96. The number of anilines is 1. The zero-order valence-electron chi connectivity index (χ0n) is 22.4. The molecular weight excluding hydrogens is 526 g/mol. The minimum absolute atomic E-state index is 0.0940. The molecule has 1 aliphatic carbocycles. The van der Waals surface area contributed by atoms with Crippen molar-refractivity contribution < 1.29 is 22.7 Å². The zero-order chi connectivity index (χ0) is 27.7. The van der Waals surface area contributed by atoms with Gasteiger partial charge >= 0.3 is 0 Å². The van der Waals surface area contributed by atoms with Gasteiger partial charge in [0, 0.05) is 30.6 Å². The Bertz CT molecular complexity index is 1180. The smallest absolute Gasteiger partial charge is 0.243 e. The SMILES string of the molecule is CC[C@@H](C(=O)NC1CCCC1)N(Cc1cccc(OC)c1)C(=O)CCCN(c1ccc(Cl)cc1)S(C)(=O)=O. The molecule has 0 aromatic heterocycles. The van der Waals surface area contributed by atoms with Crippen LogP contribution in [-0.4, -0.2) is 57.1 Å². The number of hydrogen-bond acceptors (Lipinski definition) is 5. The van der Waals surface area contributed by atoms with E-state index in [4.69, 9.17) is 16.3 Å². The first-order valence-electron chi connectivity index (χ1n) is 13.1. The number of nitrogens with zero attached hydrogens (tertiary/aromatic N) is 2. The van der Waals surface area contributed by atoms with Crippen molar-refractivity contribution in [2.75, 3.05) is 24.2 Å². The highest BCUT2D eigenvalue weighted by molar-refractivity contribution is 7.92. The molecule has 0 bridgehead atoms. The van der Waals surface area contributed by atoms with Crippen LogP contribution in [0.3, 0.4) is 0 Å². The van der Waals surface area contributed by atoms with Gasteiger partial charge in [-0.1, -0.05) is 43.5 Å². The summed E-state index contributed by atoms with van der Waals surface area (Å²) in [5.74, 6) is 0.325. The average Bonchev–Trinajstić information content (AvgIpc) is 3.39. The van der Waals surface area contributed by atoms with Gasteiger partial charge in [0.2, 0.25) is 21.8 Å². The van der Waals surface area contributed by atoms with Gasteiger partial charge < -0.3 is 15.0 Å². The molecule has 0 heterocycles. The number of carbonyl (C=O) groups excluding carboxylic acids is 2. The Morgan fingerprint density at radius 1 is 1.13 bits per heavy atom. The zero-order valence-corrected chi connectivity index (χ0v) is 23.9. The molecule has 1 N–H and O–H groups in total. The van der Waals surface area contributed by atoms with E-state index in [0.29, 0.717) is 29.3 Å². The van der Waals surface area contributed by atoms with Crippen molar-refractivity contribution in [1.29, 1.82) is 0 Å². The lowest BCUT2D eigenvalue weighted by Gasteiger charge is -2.32. The molecule has 1 saturated carbocycles. The summed E-state index contributed by atoms with van der Waals surface area (Å²) in [6.45, 7) is 2.28. The van der Waals surface area contributed by atoms with Crippen LogP contribution in [0.2, 0.25) is 5.02 Å². The molecule has 2 amide bonds. The predicted octanol–water partition coefficient (Wildman–Crippen LogP) is 4.76. The molecule has 0 radical (unpaired) electrons. The molecule has 1 aliphatic rings. The van der Waals surface area contributed by atoms with Gasteiger partial charge in [0.05, 0.1) is 19.1 Å². The minimum Gasteiger partial charge on any atom is -0.497 e. The second-order valence-electron chi connectivity index (χ2n) is 9.70. The Labute approximate surface area is 231 Å². The van der Waals surface area contributed by atoms with Crippen LogP contribution in [-0.2, 0) is 26.2 Å². The van der Waals surface area contributed by atoms with Crippen LogP contribution in [0.5, 0.6) is 5.75 Å². The van der Waals surface area contributed by atoms with Gasteiger partial charge in [0.15, 0.2) is 0 Å². The van der Waals surface area contributed by atoms with Crippen LogP contribution < -0.4 is 14.4 Å². The standard InChI is InChI=1S/C28H38ClN3O5S/c1-4-26(28(34)30-23-10-5-6-11-23)31(20-21-9-7-12-25(19-21)37-2)27(33)13-8-18-32(38(3,35)36)24-16-14-22(29)15-17-24/h7,9,12,14-17,19,23,26H,4-6,8,10-11,13,18,20H2,1-3H3,(H,30,34)/t26-/m0/s1. The van der Waals surface area contributed by atoms with Crippen molar-refractivity contribution in [2.45, 2.75) is 70.5 Å². The van der Waals surface area contributed by atoms with E-state index in [2.05, 4.69) is 5.32 Å². The van der Waals surface area contributed by atoms with Gasteiger partial charge in [-0.25, -0.2) is 8.42 Å². The van der Waals surface area contributed by atoms with Crippen LogP contribution in [0.4, 0.5) is 5.69 Å². The number of rotatable bonds is 13. The first-order valence-corrected chi connectivity index (χ1v) is 15.3. The summed E-state index contributed by atoms with van der Waals surface area (Å²) in [5.41, 5.74) is 1.34. The Morgan fingerprint density at radius 3 is 2.42 bits per heavy atom. The number of amides is 2. The highest BCUT2D eigenvalue weighted by Gasteiger charge is 2.30. The fourth-order valence-corrected chi connectivity index (χ4v) is 5.96. The minimum atomic E-state index is -3.57. The van der Waals surface area contributed by atoms with Crippen LogP contribution >= 0.6 is 11.6 Å². The molecule has 208 valence electrons. The van der Waals surface area contributed by atoms with Crippen LogP contribution in [0.1, 0.15) is 57.4 Å². The third-order valence-electron chi connectivity index (χ3n) is 6.84. The van der Waals surface area contributed by atoms with Gasteiger partial charge in [0.1, 0.15) is 11.8 Å². The fourth-order valence-electron chi connectivity index (χ4n) is 4.87. The van der Waals surface area contributed by atoms with Crippen molar-refractivity contribution in [3.63, 3.8) is 0 Å². The Hall–Kier alpha value is -2.78. The predicted molar refractivity (Wildman–Crippen MR) is 151 cm³/mol. The Kier molecular flexibility index (Phi) is 10.8. The summed E-state index contributed by atoms with van der Waals surface area (Å²) in [5, 5.41) is 3.64. The van der Waals surface area contributed by atoms with Crippen LogP contribution in [0.15, 0.2) is 48.5 Å². The van der Waals surface area contributed by atoms with Crippen LogP contribution in [0, 0.1) is 0 Å². The number of sulfonamides is 1. The second kappa shape index (κ2) is 13.8. The van der Waals surface area contributed by atoms with Crippen molar-refractivity contribution in [1.82, 2.24) is 10.2 Å². The molecule has 0 spiro atoms. The Balaban J connectivity index is 1.76. The van der Waals surface area contributed by atoms with E-state index in [9.17, 15) is 18.0 Å². The van der Waals surface area contributed by atoms with E-state index >= 15 is 0 Å². The number of methoxy groups -OCH3 is 1. The third kappa shape index (κ3) is 8.36. The summed E-state index contributed by atoms with van der Waals surface area (Å²) in [4.78, 5) is 28.5. The topological polar surface area (TPSA) is 96.0 Å². The summed E-state index contributed by atoms with van der Waals surface area (Å²) in [7, 11) is -1.98. The van der Waals surface area contributed by atoms with Gasteiger partial charge in [-0.2, -0.15) is 0 Å². The van der Waals surface area contributed by atoms with Gasteiger partial charge in [0.25, 0.3) is 0 Å². The highest BCUT2D eigenvalue weighted by atomic mass is 35.5. The average molecular weight is 564 g/mol. The fraction of sp³-hybridized carbons (Fsp3) is 0.500. The lowest BCUT2D eigenvalue weighted by molar-refractivity contribution is -0.141. The summed E-state index contributed by atoms with van der Waals surface area (Å²) < 4.78 is 31.5. The number of halogens is 1. The molecule has 0 saturated heterocycles. The molecule has 1 fully saturated rings. The van der Waals surface area contributed by atoms with E-state index in [0.717, 1.165) is 37.5 Å². The summed E-state index contributed by atoms with van der Waals surface area (Å²) in [6.07, 6.45) is 6.10. The van der Waals surface area contributed by atoms with Crippen LogP contribution in [0.25, 0.3) is 0 Å². The van der Waals surface area contributed by atoms with Crippen molar-refractivity contribution in [2.24, 2.45) is 0 Å². The lowest BCUT2D eigenvalue weighted by atomic mass is 10.1. The van der Waals surface area contributed by atoms with E-state index in [1.807, 2.05) is 31.2 Å². The number of hydrogen-bond donors (Lipinski definition) is 1. The molecule has 1 atom stereocenters. The molecule has 8 nitrogen and oxygen atoms in total. The van der Waals surface area contributed by atoms with Crippen molar-refractivity contribution in [3.05, 3.63) is 59.1 Å². The van der Waals surface area contributed by atoms with Gasteiger partial charge in [-0.05, 0) is 67.6 Å². The molecule has 2 aromatic rings. The van der Waals surface area contributed by atoms with Gasteiger partial charge in [-0.3, -0.25) is 13.9 Å². The summed E-state index contributed by atoms with van der Waals surface area (Å²) in [6, 6.07) is 13.5.